The predicted molar refractivity (Wildman–Crippen MR) is 109 cm³/mol. The summed E-state index contributed by atoms with van der Waals surface area (Å²) in [6.07, 6.45) is 1.79. The molecule has 2 heterocycles. The van der Waals surface area contributed by atoms with Crippen molar-refractivity contribution >= 4 is 17.5 Å². The molecule has 0 radical (unpaired) electrons. The molecule has 0 spiro atoms. The van der Waals surface area contributed by atoms with Crippen LogP contribution in [0.2, 0.25) is 5.02 Å². The summed E-state index contributed by atoms with van der Waals surface area (Å²) >= 11 is 6.14. The van der Waals surface area contributed by atoms with Gasteiger partial charge in [0.1, 0.15) is 17.6 Å². The maximum absolute atomic E-state index is 14.2. The largest absolute Gasteiger partial charge is 0.494 e. The number of halogens is 2. The Hall–Kier alpha value is -2.93. The number of ether oxygens (including phenoxy) is 1. The molecule has 0 aliphatic carbocycles. The third kappa shape index (κ3) is 4.16. The highest BCUT2D eigenvalue weighted by molar-refractivity contribution is 6.31. The van der Waals surface area contributed by atoms with E-state index >= 15 is 0 Å². The molecule has 2 aromatic carbocycles. The molecule has 1 aliphatic heterocycles. The molecule has 0 N–H and O–H groups in total. The van der Waals surface area contributed by atoms with Crippen LogP contribution in [0.4, 0.5) is 4.39 Å². The quantitative estimate of drug-likeness (QED) is 0.517. The number of amides is 1. The lowest BCUT2D eigenvalue weighted by molar-refractivity contribution is -0.130. The van der Waals surface area contributed by atoms with Crippen molar-refractivity contribution in [2.24, 2.45) is 0 Å². The van der Waals surface area contributed by atoms with Crippen LogP contribution in [0.5, 0.6) is 5.75 Å². The number of hydrogen-bond acceptors (Lipinski definition) is 5. The van der Waals surface area contributed by atoms with Crippen LogP contribution in [0.1, 0.15) is 43.7 Å². The van der Waals surface area contributed by atoms with Crippen LogP contribution >= 0.6 is 11.6 Å². The van der Waals surface area contributed by atoms with Crippen LogP contribution in [-0.4, -0.2) is 27.6 Å². The van der Waals surface area contributed by atoms with Gasteiger partial charge in [0.05, 0.1) is 13.2 Å². The zero-order valence-corrected chi connectivity index (χ0v) is 17.2. The van der Waals surface area contributed by atoms with Crippen LogP contribution in [0.3, 0.4) is 0 Å². The van der Waals surface area contributed by atoms with Gasteiger partial charge >= 0.3 is 0 Å². The third-order valence-electron chi connectivity index (χ3n) is 5.03. The topological polar surface area (TPSA) is 68.5 Å². The molecule has 1 fully saturated rings. The van der Waals surface area contributed by atoms with E-state index in [0.29, 0.717) is 31.2 Å². The van der Waals surface area contributed by atoms with Gasteiger partial charge in [-0.05, 0) is 49.2 Å². The van der Waals surface area contributed by atoms with Gasteiger partial charge in [0.2, 0.25) is 17.6 Å². The summed E-state index contributed by atoms with van der Waals surface area (Å²) in [6, 6.07) is 11.5. The first-order valence-corrected chi connectivity index (χ1v) is 10.2. The van der Waals surface area contributed by atoms with Gasteiger partial charge in [0.25, 0.3) is 0 Å². The lowest BCUT2D eigenvalue weighted by Crippen LogP contribution is -2.28. The molecule has 6 nitrogen and oxygen atoms in total. The highest BCUT2D eigenvalue weighted by Gasteiger charge is 2.36. The molecule has 1 aliphatic rings. The van der Waals surface area contributed by atoms with Gasteiger partial charge in [-0.25, -0.2) is 4.39 Å². The second kappa shape index (κ2) is 8.83. The van der Waals surface area contributed by atoms with Gasteiger partial charge in [-0.1, -0.05) is 29.7 Å². The molecular weight excluding hydrogens is 409 g/mol. The predicted octanol–water partition coefficient (Wildman–Crippen LogP) is 5.18. The molecule has 1 saturated heterocycles. The second-order valence-corrected chi connectivity index (χ2v) is 7.51. The number of aromatic nitrogens is 2. The second-order valence-electron chi connectivity index (χ2n) is 7.11. The lowest BCUT2D eigenvalue weighted by atomic mass is 10.1. The lowest BCUT2D eigenvalue weighted by Gasteiger charge is -2.22. The fourth-order valence-corrected chi connectivity index (χ4v) is 3.67. The van der Waals surface area contributed by atoms with E-state index in [2.05, 4.69) is 10.1 Å². The summed E-state index contributed by atoms with van der Waals surface area (Å²) in [4.78, 5) is 18.5. The molecule has 1 amide bonds. The normalized spacial score (nSPS) is 16.3. The number of carbonyl (C=O) groups is 1. The third-order valence-corrected chi connectivity index (χ3v) is 5.38. The molecule has 8 heteroatoms. The van der Waals surface area contributed by atoms with E-state index in [-0.39, 0.29) is 23.0 Å². The maximum Gasteiger partial charge on any atom is 0.249 e. The molecule has 156 valence electrons. The Balaban J connectivity index is 1.53. The first-order chi connectivity index (χ1) is 14.6. The molecule has 4 rings (SSSR count). The summed E-state index contributed by atoms with van der Waals surface area (Å²) in [6.45, 7) is 2.76. The minimum Gasteiger partial charge on any atom is -0.494 e. The van der Waals surface area contributed by atoms with Gasteiger partial charge in [0, 0.05) is 22.6 Å². The summed E-state index contributed by atoms with van der Waals surface area (Å²) in [7, 11) is 0. The Bertz CT molecular complexity index is 1020. The number of hydrogen-bond donors (Lipinski definition) is 0. The number of nitrogens with zero attached hydrogens (tertiary/aromatic N) is 3. The van der Waals surface area contributed by atoms with Crippen molar-refractivity contribution in [2.75, 3.05) is 6.61 Å². The van der Waals surface area contributed by atoms with Crippen molar-refractivity contribution in [2.45, 2.75) is 38.8 Å². The van der Waals surface area contributed by atoms with Gasteiger partial charge in [-0.2, -0.15) is 4.98 Å². The highest BCUT2D eigenvalue weighted by Crippen LogP contribution is 2.35. The number of likely N-dealkylation sites (tertiary alicyclic amines) is 1. The summed E-state index contributed by atoms with van der Waals surface area (Å²) in [5.74, 6) is 0.984. The summed E-state index contributed by atoms with van der Waals surface area (Å²) in [5.41, 5.74) is 1.06. The zero-order valence-electron chi connectivity index (χ0n) is 16.5. The van der Waals surface area contributed by atoms with Gasteiger partial charge in [0.15, 0.2) is 0 Å². The zero-order chi connectivity index (χ0) is 21.1. The molecule has 30 heavy (non-hydrogen) atoms. The standard InChI is InChI=1S/C22H21ClFN3O3/c1-2-12-29-15-8-6-14(7-9-15)21-25-22(30-26-21)19-10-11-20(28)27(19)13-16-17(23)4-3-5-18(16)24/h3-9,19H,2,10-13H2,1H3. The van der Waals surface area contributed by atoms with E-state index in [0.717, 1.165) is 17.7 Å². The molecule has 1 unspecified atom stereocenters. The van der Waals surface area contributed by atoms with E-state index in [9.17, 15) is 9.18 Å². The van der Waals surface area contributed by atoms with Gasteiger partial charge < -0.3 is 14.2 Å². The van der Waals surface area contributed by atoms with Crippen LogP contribution in [0.25, 0.3) is 11.4 Å². The summed E-state index contributed by atoms with van der Waals surface area (Å²) < 4.78 is 25.3. The van der Waals surface area contributed by atoms with Gasteiger partial charge in [-0.15, -0.1) is 0 Å². The smallest absolute Gasteiger partial charge is 0.249 e. The fraction of sp³-hybridized carbons (Fsp3) is 0.318. The van der Waals surface area contributed by atoms with Gasteiger partial charge in [-0.3, -0.25) is 4.79 Å². The van der Waals surface area contributed by atoms with Crippen molar-refractivity contribution in [3.8, 4) is 17.1 Å². The van der Waals surface area contributed by atoms with Crippen LogP contribution in [0, 0.1) is 5.82 Å². The van der Waals surface area contributed by atoms with E-state index in [1.165, 1.54) is 12.1 Å². The Morgan fingerprint density at radius 1 is 1.27 bits per heavy atom. The molecule has 1 aromatic heterocycles. The molecule has 0 bridgehead atoms. The van der Waals surface area contributed by atoms with E-state index in [4.69, 9.17) is 20.9 Å². The number of carbonyl (C=O) groups excluding carboxylic acids is 1. The van der Waals surface area contributed by atoms with Crippen LogP contribution in [-0.2, 0) is 11.3 Å². The number of benzene rings is 2. The van der Waals surface area contributed by atoms with E-state index in [1.54, 1.807) is 11.0 Å². The van der Waals surface area contributed by atoms with Crippen LogP contribution < -0.4 is 4.74 Å². The molecule has 1 atom stereocenters. The van der Waals surface area contributed by atoms with Crippen molar-refractivity contribution in [1.82, 2.24) is 15.0 Å². The Morgan fingerprint density at radius 3 is 2.80 bits per heavy atom. The first-order valence-electron chi connectivity index (χ1n) is 9.86. The van der Waals surface area contributed by atoms with Crippen molar-refractivity contribution in [3.05, 3.63) is 64.8 Å². The maximum atomic E-state index is 14.2. The molecule has 0 saturated carbocycles. The van der Waals surface area contributed by atoms with Crippen molar-refractivity contribution in [3.63, 3.8) is 0 Å². The Labute approximate surface area is 178 Å². The molecular formula is C22H21ClFN3O3. The number of rotatable bonds is 7. The van der Waals surface area contributed by atoms with E-state index in [1.807, 2.05) is 31.2 Å². The minimum absolute atomic E-state index is 0.0518. The fourth-order valence-electron chi connectivity index (χ4n) is 3.45. The Morgan fingerprint density at radius 2 is 2.07 bits per heavy atom. The van der Waals surface area contributed by atoms with Crippen molar-refractivity contribution in [1.29, 1.82) is 0 Å². The Kier molecular flexibility index (Phi) is 5.99. The first kappa shape index (κ1) is 20.3. The summed E-state index contributed by atoms with van der Waals surface area (Å²) in [5, 5.41) is 4.34. The van der Waals surface area contributed by atoms with Crippen molar-refractivity contribution < 1.29 is 18.4 Å². The minimum atomic E-state index is -0.447. The van der Waals surface area contributed by atoms with E-state index < -0.39 is 11.9 Å². The average molecular weight is 430 g/mol. The highest BCUT2D eigenvalue weighted by atomic mass is 35.5. The SMILES string of the molecule is CCCOc1ccc(-c2noc(C3CCC(=O)N3Cc3c(F)cccc3Cl)n2)cc1. The monoisotopic (exact) mass is 429 g/mol. The van der Waals surface area contributed by atoms with Crippen LogP contribution in [0.15, 0.2) is 47.0 Å². The average Bonchev–Trinajstić information content (AvgIpc) is 3.37. The molecule has 3 aromatic rings.